The van der Waals surface area contributed by atoms with Gasteiger partial charge in [-0.2, -0.15) is 0 Å². The Kier molecular flexibility index (Phi) is 6.65. The van der Waals surface area contributed by atoms with Crippen molar-refractivity contribution in [1.29, 1.82) is 0 Å². The zero-order valence-corrected chi connectivity index (χ0v) is 16.1. The van der Waals surface area contributed by atoms with Crippen LogP contribution in [0.3, 0.4) is 0 Å². The van der Waals surface area contributed by atoms with Gasteiger partial charge in [-0.3, -0.25) is 9.59 Å². The van der Waals surface area contributed by atoms with E-state index in [1.165, 1.54) is 7.11 Å². The van der Waals surface area contributed by atoms with E-state index in [-0.39, 0.29) is 24.5 Å². The van der Waals surface area contributed by atoms with E-state index in [0.717, 1.165) is 12.8 Å². The average molecular weight is 387 g/mol. The molecule has 0 bridgehead atoms. The van der Waals surface area contributed by atoms with Crippen molar-refractivity contribution < 1.29 is 23.6 Å². The van der Waals surface area contributed by atoms with Gasteiger partial charge in [-0.15, -0.1) is 0 Å². The first kappa shape index (κ1) is 19.9. The van der Waals surface area contributed by atoms with Crippen LogP contribution in [0.1, 0.15) is 34.7 Å². The van der Waals surface area contributed by atoms with Gasteiger partial charge in [-0.1, -0.05) is 5.16 Å². The number of ether oxygens (including phenoxy) is 2. The maximum atomic E-state index is 12.2. The molecule has 28 heavy (non-hydrogen) atoms. The van der Waals surface area contributed by atoms with Crippen LogP contribution < -0.4 is 10.1 Å². The summed E-state index contributed by atoms with van der Waals surface area (Å²) in [5.41, 5.74) is 1.23. The highest BCUT2D eigenvalue weighted by molar-refractivity contribution is 5.94. The summed E-state index contributed by atoms with van der Waals surface area (Å²) in [6.45, 7) is 3.56. The topological polar surface area (TPSA) is 93.9 Å². The molecule has 1 aromatic heterocycles. The molecule has 2 heterocycles. The number of hydrogen-bond acceptors (Lipinski definition) is 6. The lowest BCUT2D eigenvalue weighted by atomic mass is 10.1. The molecule has 0 saturated carbocycles. The van der Waals surface area contributed by atoms with Crippen LogP contribution in [0.25, 0.3) is 0 Å². The van der Waals surface area contributed by atoms with Gasteiger partial charge in [0.05, 0.1) is 6.54 Å². The average Bonchev–Trinajstić information content (AvgIpc) is 3.13. The minimum Gasteiger partial charge on any atom is -0.490 e. The molecular weight excluding hydrogens is 362 g/mol. The summed E-state index contributed by atoms with van der Waals surface area (Å²) in [7, 11) is 1.52. The predicted octanol–water partition coefficient (Wildman–Crippen LogP) is 1.93. The second-order valence-corrected chi connectivity index (χ2v) is 6.77. The predicted molar refractivity (Wildman–Crippen MR) is 101 cm³/mol. The second-order valence-electron chi connectivity index (χ2n) is 6.77. The summed E-state index contributed by atoms with van der Waals surface area (Å²) in [4.78, 5) is 25.8. The standard InChI is InChI=1S/C20H25N3O5/c1-14-11-16(22-28-14)12-21-20(25)15-3-5-17(6-4-15)27-18-7-9-23(10-8-18)19(24)13-26-2/h3-6,11,18H,7-10,12-13H2,1-2H3,(H,21,25). The van der Waals surface area contributed by atoms with Crippen molar-refractivity contribution >= 4 is 11.8 Å². The zero-order chi connectivity index (χ0) is 19.9. The molecule has 1 aliphatic heterocycles. The Bertz CT molecular complexity index is 794. The summed E-state index contributed by atoms with van der Waals surface area (Å²) >= 11 is 0. The summed E-state index contributed by atoms with van der Waals surface area (Å²) in [5.74, 6) is 1.25. The summed E-state index contributed by atoms with van der Waals surface area (Å²) in [5, 5.41) is 6.65. The SMILES string of the molecule is COCC(=O)N1CCC(Oc2ccc(C(=O)NCc3cc(C)on3)cc2)CC1. The van der Waals surface area contributed by atoms with Gasteiger partial charge in [0.25, 0.3) is 5.91 Å². The van der Waals surface area contributed by atoms with E-state index in [4.69, 9.17) is 14.0 Å². The van der Waals surface area contributed by atoms with Crippen LogP contribution in [-0.2, 0) is 16.1 Å². The second kappa shape index (κ2) is 9.36. The highest BCUT2D eigenvalue weighted by Crippen LogP contribution is 2.20. The molecule has 0 aliphatic carbocycles. The maximum absolute atomic E-state index is 12.2. The number of aryl methyl sites for hydroxylation is 1. The Morgan fingerprint density at radius 1 is 1.25 bits per heavy atom. The zero-order valence-electron chi connectivity index (χ0n) is 16.1. The molecule has 8 heteroatoms. The smallest absolute Gasteiger partial charge is 0.251 e. The number of carbonyl (C=O) groups excluding carboxylic acids is 2. The Morgan fingerprint density at radius 2 is 1.96 bits per heavy atom. The fourth-order valence-corrected chi connectivity index (χ4v) is 3.09. The van der Waals surface area contributed by atoms with Gasteiger partial charge in [0, 0.05) is 44.7 Å². The van der Waals surface area contributed by atoms with Gasteiger partial charge < -0.3 is 24.2 Å². The van der Waals surface area contributed by atoms with E-state index in [2.05, 4.69) is 10.5 Å². The highest BCUT2D eigenvalue weighted by atomic mass is 16.5. The summed E-state index contributed by atoms with van der Waals surface area (Å²) in [6.07, 6.45) is 1.60. The third-order valence-corrected chi connectivity index (χ3v) is 4.59. The molecule has 0 unspecified atom stereocenters. The molecular formula is C20H25N3O5. The Hall–Kier alpha value is -2.87. The van der Waals surface area contributed by atoms with E-state index in [1.54, 1.807) is 42.2 Å². The molecule has 1 N–H and O–H groups in total. The third kappa shape index (κ3) is 5.32. The van der Waals surface area contributed by atoms with Crippen LogP contribution >= 0.6 is 0 Å². The van der Waals surface area contributed by atoms with E-state index in [1.807, 2.05) is 0 Å². The minimum atomic E-state index is -0.183. The van der Waals surface area contributed by atoms with Gasteiger partial charge in [0.15, 0.2) is 0 Å². The number of methoxy groups -OCH3 is 1. The number of likely N-dealkylation sites (tertiary alicyclic amines) is 1. The Labute approximate surface area is 163 Å². The normalized spacial score (nSPS) is 14.7. The number of nitrogens with one attached hydrogen (secondary N) is 1. The van der Waals surface area contributed by atoms with E-state index in [0.29, 0.717) is 42.4 Å². The lowest BCUT2D eigenvalue weighted by Gasteiger charge is -2.32. The van der Waals surface area contributed by atoms with Gasteiger partial charge >= 0.3 is 0 Å². The van der Waals surface area contributed by atoms with Gasteiger partial charge in [0.1, 0.15) is 29.9 Å². The van der Waals surface area contributed by atoms with Crippen molar-refractivity contribution in [2.24, 2.45) is 0 Å². The lowest BCUT2D eigenvalue weighted by Crippen LogP contribution is -2.43. The van der Waals surface area contributed by atoms with Crippen molar-refractivity contribution in [2.75, 3.05) is 26.8 Å². The number of carbonyl (C=O) groups is 2. The molecule has 1 fully saturated rings. The van der Waals surface area contributed by atoms with Crippen LogP contribution in [0.4, 0.5) is 0 Å². The highest BCUT2D eigenvalue weighted by Gasteiger charge is 2.23. The molecule has 2 amide bonds. The van der Waals surface area contributed by atoms with E-state index < -0.39 is 0 Å². The Balaban J connectivity index is 1.45. The number of hydrogen-bond donors (Lipinski definition) is 1. The van der Waals surface area contributed by atoms with Crippen LogP contribution in [0.5, 0.6) is 5.75 Å². The van der Waals surface area contributed by atoms with Crippen molar-refractivity contribution in [3.8, 4) is 5.75 Å². The molecule has 3 rings (SSSR count). The quantitative estimate of drug-likeness (QED) is 0.780. The van der Waals surface area contributed by atoms with Gasteiger partial charge in [-0.05, 0) is 31.2 Å². The maximum Gasteiger partial charge on any atom is 0.251 e. The van der Waals surface area contributed by atoms with Crippen molar-refractivity contribution in [1.82, 2.24) is 15.4 Å². The minimum absolute atomic E-state index is 0.0112. The van der Waals surface area contributed by atoms with E-state index in [9.17, 15) is 9.59 Å². The van der Waals surface area contributed by atoms with Crippen molar-refractivity contribution in [3.05, 3.63) is 47.3 Å². The summed E-state index contributed by atoms with van der Waals surface area (Å²) < 4.78 is 15.9. The van der Waals surface area contributed by atoms with Crippen molar-refractivity contribution in [3.63, 3.8) is 0 Å². The number of nitrogens with zero attached hydrogens (tertiary/aromatic N) is 2. The molecule has 8 nitrogen and oxygen atoms in total. The molecule has 2 aromatic rings. The fourth-order valence-electron chi connectivity index (χ4n) is 3.09. The van der Waals surface area contributed by atoms with Crippen LogP contribution in [0.2, 0.25) is 0 Å². The third-order valence-electron chi connectivity index (χ3n) is 4.59. The van der Waals surface area contributed by atoms with Crippen molar-refractivity contribution in [2.45, 2.75) is 32.4 Å². The van der Waals surface area contributed by atoms with Crippen LogP contribution in [0.15, 0.2) is 34.9 Å². The monoisotopic (exact) mass is 387 g/mol. The molecule has 1 saturated heterocycles. The lowest BCUT2D eigenvalue weighted by molar-refractivity contribution is -0.136. The Morgan fingerprint density at radius 3 is 2.57 bits per heavy atom. The first-order chi connectivity index (χ1) is 13.5. The number of rotatable bonds is 7. The number of amides is 2. The molecule has 1 aliphatic rings. The van der Waals surface area contributed by atoms with Gasteiger partial charge in [-0.25, -0.2) is 0 Å². The molecule has 1 aromatic carbocycles. The summed E-state index contributed by atoms with van der Waals surface area (Å²) in [6, 6.07) is 8.83. The first-order valence-corrected chi connectivity index (χ1v) is 9.29. The number of piperidine rings is 1. The molecule has 0 spiro atoms. The van der Waals surface area contributed by atoms with E-state index >= 15 is 0 Å². The first-order valence-electron chi connectivity index (χ1n) is 9.29. The van der Waals surface area contributed by atoms with Gasteiger partial charge in [0.2, 0.25) is 5.91 Å². The fraction of sp³-hybridized carbons (Fsp3) is 0.450. The molecule has 150 valence electrons. The van der Waals surface area contributed by atoms with Crippen LogP contribution in [-0.4, -0.2) is 54.8 Å². The largest absolute Gasteiger partial charge is 0.490 e. The molecule has 0 atom stereocenters. The molecule has 0 radical (unpaired) electrons. The van der Waals surface area contributed by atoms with Crippen LogP contribution in [0, 0.1) is 6.92 Å². The number of aromatic nitrogens is 1. The number of benzene rings is 1.